The molecule has 114 valence electrons. The maximum atomic E-state index is 6.23. The SMILES string of the molecule is CC(C)(C)NCc1cnc(OCCc2cccs2)c(Cl)c1. The van der Waals surface area contributed by atoms with E-state index in [2.05, 4.69) is 42.5 Å². The lowest BCUT2D eigenvalue weighted by atomic mass is 10.1. The first-order valence-electron chi connectivity index (χ1n) is 6.99. The third-order valence-electron chi connectivity index (χ3n) is 2.85. The van der Waals surface area contributed by atoms with Crippen LogP contribution in [0.1, 0.15) is 31.2 Å². The van der Waals surface area contributed by atoms with Crippen LogP contribution in [0.15, 0.2) is 29.8 Å². The number of hydrogen-bond donors (Lipinski definition) is 1. The zero-order valence-corrected chi connectivity index (χ0v) is 14.2. The van der Waals surface area contributed by atoms with Crippen molar-refractivity contribution in [3.63, 3.8) is 0 Å². The van der Waals surface area contributed by atoms with E-state index in [1.165, 1.54) is 4.88 Å². The number of pyridine rings is 1. The Kier molecular flexibility index (Phi) is 5.62. The highest BCUT2D eigenvalue weighted by atomic mass is 35.5. The summed E-state index contributed by atoms with van der Waals surface area (Å²) in [6.45, 7) is 7.72. The highest BCUT2D eigenvalue weighted by Gasteiger charge is 2.10. The molecule has 0 unspecified atom stereocenters. The number of halogens is 1. The minimum absolute atomic E-state index is 0.0718. The molecule has 5 heteroatoms. The van der Waals surface area contributed by atoms with Crippen molar-refractivity contribution in [2.24, 2.45) is 0 Å². The molecule has 2 aromatic heterocycles. The Morgan fingerprint density at radius 1 is 1.38 bits per heavy atom. The molecule has 3 nitrogen and oxygen atoms in total. The van der Waals surface area contributed by atoms with Crippen LogP contribution in [0.5, 0.6) is 5.88 Å². The van der Waals surface area contributed by atoms with Crippen molar-refractivity contribution in [2.45, 2.75) is 39.3 Å². The largest absolute Gasteiger partial charge is 0.476 e. The predicted octanol–water partition coefficient (Wildman–Crippen LogP) is 4.31. The minimum Gasteiger partial charge on any atom is -0.476 e. The molecule has 0 amide bonds. The molecule has 2 heterocycles. The molecule has 2 aromatic rings. The summed E-state index contributed by atoms with van der Waals surface area (Å²) >= 11 is 7.96. The number of hydrogen-bond acceptors (Lipinski definition) is 4. The smallest absolute Gasteiger partial charge is 0.232 e. The van der Waals surface area contributed by atoms with Crippen LogP contribution in [0.3, 0.4) is 0 Å². The lowest BCUT2D eigenvalue weighted by Crippen LogP contribution is -2.35. The van der Waals surface area contributed by atoms with Gasteiger partial charge < -0.3 is 10.1 Å². The molecule has 0 fully saturated rings. The van der Waals surface area contributed by atoms with Crippen molar-refractivity contribution in [2.75, 3.05) is 6.61 Å². The third kappa shape index (κ3) is 5.65. The molecule has 0 bridgehead atoms. The summed E-state index contributed by atoms with van der Waals surface area (Å²) in [4.78, 5) is 5.61. The molecule has 0 radical (unpaired) electrons. The van der Waals surface area contributed by atoms with Crippen LogP contribution in [0.4, 0.5) is 0 Å². The van der Waals surface area contributed by atoms with Crippen LogP contribution in [-0.2, 0) is 13.0 Å². The first kappa shape index (κ1) is 16.3. The number of nitrogens with one attached hydrogen (secondary N) is 1. The van der Waals surface area contributed by atoms with Gasteiger partial charge in [-0.1, -0.05) is 17.7 Å². The van der Waals surface area contributed by atoms with E-state index in [4.69, 9.17) is 16.3 Å². The fraction of sp³-hybridized carbons (Fsp3) is 0.438. The summed E-state index contributed by atoms with van der Waals surface area (Å²) < 4.78 is 5.65. The van der Waals surface area contributed by atoms with Crippen LogP contribution < -0.4 is 10.1 Å². The predicted molar refractivity (Wildman–Crippen MR) is 89.4 cm³/mol. The van der Waals surface area contributed by atoms with Gasteiger partial charge in [0.05, 0.1) is 6.61 Å². The van der Waals surface area contributed by atoms with Crippen LogP contribution in [-0.4, -0.2) is 17.1 Å². The van der Waals surface area contributed by atoms with E-state index in [9.17, 15) is 0 Å². The first-order chi connectivity index (χ1) is 9.94. The summed E-state index contributed by atoms with van der Waals surface area (Å²) in [5, 5.41) is 6.04. The molecule has 0 atom stereocenters. The monoisotopic (exact) mass is 324 g/mol. The summed E-state index contributed by atoms with van der Waals surface area (Å²) in [7, 11) is 0. The van der Waals surface area contributed by atoms with E-state index in [1.807, 2.05) is 18.3 Å². The van der Waals surface area contributed by atoms with E-state index >= 15 is 0 Å². The maximum Gasteiger partial charge on any atom is 0.232 e. The third-order valence-corrected chi connectivity index (χ3v) is 4.06. The Balaban J connectivity index is 1.86. The highest BCUT2D eigenvalue weighted by molar-refractivity contribution is 7.09. The first-order valence-corrected chi connectivity index (χ1v) is 8.24. The number of aromatic nitrogens is 1. The van der Waals surface area contributed by atoms with Gasteiger partial charge in [-0.2, -0.15) is 0 Å². The van der Waals surface area contributed by atoms with Crippen molar-refractivity contribution in [3.8, 4) is 5.88 Å². The summed E-state index contributed by atoms with van der Waals surface area (Å²) in [5.41, 5.74) is 1.13. The van der Waals surface area contributed by atoms with Crippen molar-refractivity contribution >= 4 is 22.9 Å². The standard InChI is InChI=1S/C16H21ClN2OS/c1-16(2,3)19-11-12-9-14(17)15(18-10-12)20-7-6-13-5-4-8-21-13/h4-5,8-10,19H,6-7,11H2,1-3H3. The van der Waals surface area contributed by atoms with E-state index in [-0.39, 0.29) is 5.54 Å². The zero-order chi connectivity index (χ0) is 15.3. The van der Waals surface area contributed by atoms with Gasteiger partial charge in [-0.15, -0.1) is 11.3 Å². The molecular formula is C16H21ClN2OS. The van der Waals surface area contributed by atoms with E-state index in [1.54, 1.807) is 11.3 Å². The second-order valence-electron chi connectivity index (χ2n) is 5.91. The molecule has 0 saturated carbocycles. The van der Waals surface area contributed by atoms with Crippen LogP contribution >= 0.6 is 22.9 Å². The van der Waals surface area contributed by atoms with Crippen molar-refractivity contribution in [1.29, 1.82) is 0 Å². The van der Waals surface area contributed by atoms with Crippen LogP contribution in [0.25, 0.3) is 0 Å². The maximum absolute atomic E-state index is 6.23. The number of nitrogens with zero attached hydrogens (tertiary/aromatic N) is 1. The van der Waals surface area contributed by atoms with E-state index in [0.29, 0.717) is 17.5 Å². The normalized spacial score (nSPS) is 11.6. The molecule has 0 saturated heterocycles. The van der Waals surface area contributed by atoms with Gasteiger partial charge >= 0.3 is 0 Å². The van der Waals surface area contributed by atoms with Crippen LogP contribution in [0.2, 0.25) is 5.02 Å². The topological polar surface area (TPSA) is 34.2 Å². The fourth-order valence-electron chi connectivity index (χ4n) is 1.74. The lowest BCUT2D eigenvalue weighted by Gasteiger charge is -2.20. The second-order valence-corrected chi connectivity index (χ2v) is 7.35. The Bertz CT molecular complexity index is 564. The van der Waals surface area contributed by atoms with Crippen molar-refractivity contribution in [1.82, 2.24) is 10.3 Å². The number of rotatable bonds is 6. The average molecular weight is 325 g/mol. The molecular weight excluding hydrogens is 304 g/mol. The highest BCUT2D eigenvalue weighted by Crippen LogP contribution is 2.23. The van der Waals surface area contributed by atoms with Gasteiger partial charge in [0.15, 0.2) is 0 Å². The summed E-state index contributed by atoms with van der Waals surface area (Å²) in [6.07, 6.45) is 2.69. The molecule has 0 aromatic carbocycles. The van der Waals surface area contributed by atoms with Crippen molar-refractivity contribution < 1.29 is 4.74 Å². The van der Waals surface area contributed by atoms with Gasteiger partial charge in [0.2, 0.25) is 5.88 Å². The lowest BCUT2D eigenvalue weighted by molar-refractivity contribution is 0.310. The summed E-state index contributed by atoms with van der Waals surface area (Å²) in [6, 6.07) is 6.06. The molecule has 0 spiro atoms. The zero-order valence-electron chi connectivity index (χ0n) is 12.6. The van der Waals surface area contributed by atoms with Gasteiger partial charge in [0.1, 0.15) is 5.02 Å². The van der Waals surface area contributed by atoms with Gasteiger partial charge in [-0.05, 0) is 43.8 Å². The number of ether oxygens (including phenoxy) is 1. The molecule has 0 aliphatic rings. The van der Waals surface area contributed by atoms with E-state index in [0.717, 1.165) is 18.5 Å². The molecule has 0 aliphatic carbocycles. The average Bonchev–Trinajstić information content (AvgIpc) is 2.91. The Labute approximate surface area is 135 Å². The minimum atomic E-state index is 0.0718. The van der Waals surface area contributed by atoms with Crippen LogP contribution in [0, 0.1) is 0 Å². The molecule has 1 N–H and O–H groups in total. The summed E-state index contributed by atoms with van der Waals surface area (Å²) in [5.74, 6) is 0.507. The molecule has 21 heavy (non-hydrogen) atoms. The van der Waals surface area contributed by atoms with Gasteiger partial charge in [0.25, 0.3) is 0 Å². The molecule has 2 rings (SSSR count). The van der Waals surface area contributed by atoms with E-state index < -0.39 is 0 Å². The van der Waals surface area contributed by atoms with Crippen molar-refractivity contribution in [3.05, 3.63) is 45.2 Å². The van der Waals surface area contributed by atoms with Gasteiger partial charge in [0, 0.05) is 29.6 Å². The van der Waals surface area contributed by atoms with Gasteiger partial charge in [-0.25, -0.2) is 4.98 Å². The van der Waals surface area contributed by atoms with Gasteiger partial charge in [-0.3, -0.25) is 0 Å². The Morgan fingerprint density at radius 3 is 2.81 bits per heavy atom. The fourth-order valence-corrected chi connectivity index (χ4v) is 2.67. The quantitative estimate of drug-likeness (QED) is 0.860. The number of thiophene rings is 1. The molecule has 0 aliphatic heterocycles. The Hall–Kier alpha value is -1.10. The Morgan fingerprint density at radius 2 is 2.19 bits per heavy atom. The second kappa shape index (κ2) is 7.25.